The molecule has 3 rings (SSSR count). The van der Waals surface area contributed by atoms with E-state index in [0.29, 0.717) is 5.56 Å². The molecule has 0 aliphatic heterocycles. The van der Waals surface area contributed by atoms with Crippen LogP contribution in [0.3, 0.4) is 0 Å². The van der Waals surface area contributed by atoms with Gasteiger partial charge in [-0.25, -0.2) is 4.68 Å². The van der Waals surface area contributed by atoms with Crippen LogP contribution in [0.4, 0.5) is 5.69 Å². The number of rotatable bonds is 2. The van der Waals surface area contributed by atoms with Crippen molar-refractivity contribution in [3.8, 4) is 22.9 Å². The second kappa shape index (κ2) is 5.43. The van der Waals surface area contributed by atoms with Gasteiger partial charge in [-0.1, -0.05) is 12.1 Å². The number of anilines is 1. The first kappa shape index (κ1) is 13.4. The Morgan fingerprint density at radius 3 is 2.71 bits per heavy atom. The number of aromatic nitrogens is 2. The largest absolute Gasteiger partial charge is 0.399 e. The highest BCUT2D eigenvalue weighted by atomic mass is 79.9. The first-order valence-electron chi connectivity index (χ1n) is 6.28. The second-order valence-electron chi connectivity index (χ2n) is 4.57. The Morgan fingerprint density at radius 2 is 2.00 bits per heavy atom. The molecule has 0 radical (unpaired) electrons. The predicted molar refractivity (Wildman–Crippen MR) is 85.8 cm³/mol. The minimum Gasteiger partial charge on any atom is -0.399 e. The van der Waals surface area contributed by atoms with Gasteiger partial charge < -0.3 is 5.73 Å². The highest BCUT2D eigenvalue weighted by Gasteiger charge is 2.06. The molecule has 0 saturated carbocycles. The van der Waals surface area contributed by atoms with Crippen LogP contribution >= 0.6 is 15.9 Å². The van der Waals surface area contributed by atoms with Gasteiger partial charge in [0.25, 0.3) is 0 Å². The summed E-state index contributed by atoms with van der Waals surface area (Å²) >= 11 is 3.39. The number of hydrogen-bond acceptors (Lipinski definition) is 3. The van der Waals surface area contributed by atoms with Gasteiger partial charge in [0.2, 0.25) is 0 Å². The Balaban J connectivity index is 1.99. The van der Waals surface area contributed by atoms with E-state index in [1.54, 1.807) is 16.9 Å². The molecular weight excluding hydrogens is 328 g/mol. The van der Waals surface area contributed by atoms with Crippen LogP contribution in [0.2, 0.25) is 0 Å². The van der Waals surface area contributed by atoms with Crippen molar-refractivity contribution in [3.63, 3.8) is 0 Å². The lowest BCUT2D eigenvalue weighted by Gasteiger charge is -2.03. The van der Waals surface area contributed by atoms with Crippen molar-refractivity contribution in [2.24, 2.45) is 0 Å². The standard InChI is InChI=1S/C16H11BrN4/c17-16-7-15(5-4-12(16)8-18)21-10-13(9-20-21)11-2-1-3-14(19)6-11/h1-7,9-10H,19H2. The highest BCUT2D eigenvalue weighted by molar-refractivity contribution is 9.10. The molecule has 102 valence electrons. The molecule has 0 amide bonds. The van der Waals surface area contributed by atoms with E-state index >= 15 is 0 Å². The molecule has 1 aromatic heterocycles. The maximum Gasteiger partial charge on any atom is 0.100 e. The predicted octanol–water partition coefficient (Wildman–Crippen LogP) is 3.76. The summed E-state index contributed by atoms with van der Waals surface area (Å²) < 4.78 is 2.52. The van der Waals surface area contributed by atoms with E-state index in [0.717, 1.165) is 27.0 Å². The summed E-state index contributed by atoms with van der Waals surface area (Å²) in [5.41, 5.74) is 10.0. The number of nitrogens with zero attached hydrogens (tertiary/aromatic N) is 3. The van der Waals surface area contributed by atoms with Gasteiger partial charge in [0, 0.05) is 21.9 Å². The third kappa shape index (κ3) is 2.67. The molecular formula is C16H11BrN4. The molecule has 5 heteroatoms. The molecule has 0 unspecified atom stereocenters. The highest BCUT2D eigenvalue weighted by Crippen LogP contribution is 2.24. The van der Waals surface area contributed by atoms with Crippen LogP contribution in [0.1, 0.15) is 5.56 Å². The molecule has 2 aromatic carbocycles. The monoisotopic (exact) mass is 338 g/mol. The number of halogens is 1. The maximum absolute atomic E-state index is 8.94. The van der Waals surface area contributed by atoms with E-state index in [4.69, 9.17) is 11.0 Å². The van der Waals surface area contributed by atoms with Gasteiger partial charge in [-0.15, -0.1) is 0 Å². The van der Waals surface area contributed by atoms with E-state index in [1.165, 1.54) is 0 Å². The average Bonchev–Trinajstić information content (AvgIpc) is 2.97. The number of nitrogens with two attached hydrogens (primary N) is 1. The van der Waals surface area contributed by atoms with Crippen LogP contribution in [-0.2, 0) is 0 Å². The summed E-state index contributed by atoms with van der Waals surface area (Å²) in [6, 6.07) is 15.3. The van der Waals surface area contributed by atoms with Crippen molar-refractivity contribution in [2.45, 2.75) is 0 Å². The van der Waals surface area contributed by atoms with Crippen LogP contribution in [0, 0.1) is 11.3 Å². The molecule has 0 fully saturated rings. The number of benzene rings is 2. The molecule has 3 aromatic rings. The van der Waals surface area contributed by atoms with Crippen molar-refractivity contribution in [1.82, 2.24) is 9.78 Å². The zero-order valence-electron chi connectivity index (χ0n) is 11.0. The lowest BCUT2D eigenvalue weighted by molar-refractivity contribution is 0.879. The summed E-state index contributed by atoms with van der Waals surface area (Å²) in [5, 5.41) is 13.3. The van der Waals surface area contributed by atoms with Crippen molar-refractivity contribution in [1.29, 1.82) is 5.26 Å². The van der Waals surface area contributed by atoms with E-state index < -0.39 is 0 Å². The lowest BCUT2D eigenvalue weighted by Crippen LogP contribution is -1.94. The summed E-state index contributed by atoms with van der Waals surface area (Å²) in [6.07, 6.45) is 3.73. The summed E-state index contributed by atoms with van der Waals surface area (Å²) in [7, 11) is 0. The van der Waals surface area contributed by atoms with Crippen LogP contribution in [-0.4, -0.2) is 9.78 Å². The van der Waals surface area contributed by atoms with Gasteiger partial charge in [-0.05, 0) is 51.8 Å². The molecule has 0 atom stereocenters. The zero-order chi connectivity index (χ0) is 14.8. The van der Waals surface area contributed by atoms with Gasteiger partial charge in [0.1, 0.15) is 6.07 Å². The molecule has 0 spiro atoms. The Kier molecular flexibility index (Phi) is 3.46. The Morgan fingerprint density at radius 1 is 1.14 bits per heavy atom. The van der Waals surface area contributed by atoms with Gasteiger partial charge >= 0.3 is 0 Å². The molecule has 0 aliphatic carbocycles. The van der Waals surface area contributed by atoms with Gasteiger partial charge in [-0.3, -0.25) is 0 Å². The Bertz CT molecular complexity index is 845. The molecule has 0 bridgehead atoms. The second-order valence-corrected chi connectivity index (χ2v) is 5.43. The number of nitrogen functional groups attached to an aromatic ring is 1. The van der Waals surface area contributed by atoms with Crippen molar-refractivity contribution in [3.05, 3.63) is 64.9 Å². The molecule has 1 heterocycles. The maximum atomic E-state index is 8.94. The average molecular weight is 339 g/mol. The zero-order valence-corrected chi connectivity index (χ0v) is 12.6. The molecule has 2 N–H and O–H groups in total. The Hall–Kier alpha value is -2.58. The summed E-state index contributed by atoms with van der Waals surface area (Å²) in [6.45, 7) is 0. The first-order chi connectivity index (χ1) is 10.2. The van der Waals surface area contributed by atoms with Crippen LogP contribution in [0.5, 0.6) is 0 Å². The van der Waals surface area contributed by atoms with Crippen molar-refractivity contribution >= 4 is 21.6 Å². The minimum atomic E-state index is 0.599. The van der Waals surface area contributed by atoms with Crippen molar-refractivity contribution in [2.75, 3.05) is 5.73 Å². The normalized spacial score (nSPS) is 10.3. The smallest absolute Gasteiger partial charge is 0.100 e. The molecule has 0 aliphatic rings. The van der Waals surface area contributed by atoms with E-state index in [1.807, 2.05) is 42.6 Å². The first-order valence-corrected chi connectivity index (χ1v) is 7.07. The summed E-state index contributed by atoms with van der Waals surface area (Å²) in [5.74, 6) is 0. The van der Waals surface area contributed by atoms with Crippen molar-refractivity contribution < 1.29 is 0 Å². The topological polar surface area (TPSA) is 67.6 Å². The van der Waals surface area contributed by atoms with Gasteiger partial charge in [0.15, 0.2) is 0 Å². The van der Waals surface area contributed by atoms with Crippen LogP contribution in [0.15, 0.2) is 59.3 Å². The summed E-state index contributed by atoms with van der Waals surface area (Å²) in [4.78, 5) is 0. The molecule has 0 saturated heterocycles. The SMILES string of the molecule is N#Cc1ccc(-n2cc(-c3cccc(N)c3)cn2)cc1Br. The Labute approximate surface area is 130 Å². The van der Waals surface area contributed by atoms with Gasteiger partial charge in [0.05, 0.1) is 17.4 Å². The third-order valence-corrected chi connectivity index (χ3v) is 3.80. The minimum absolute atomic E-state index is 0.599. The lowest BCUT2D eigenvalue weighted by atomic mass is 10.1. The molecule has 4 nitrogen and oxygen atoms in total. The van der Waals surface area contributed by atoms with E-state index in [9.17, 15) is 0 Å². The van der Waals surface area contributed by atoms with Gasteiger partial charge in [-0.2, -0.15) is 10.4 Å². The van der Waals surface area contributed by atoms with E-state index in [-0.39, 0.29) is 0 Å². The quantitative estimate of drug-likeness (QED) is 0.723. The number of nitriles is 1. The fourth-order valence-corrected chi connectivity index (χ4v) is 2.52. The fraction of sp³-hybridized carbons (Fsp3) is 0. The van der Waals surface area contributed by atoms with Crippen LogP contribution in [0.25, 0.3) is 16.8 Å². The van der Waals surface area contributed by atoms with Crippen LogP contribution < -0.4 is 5.73 Å². The van der Waals surface area contributed by atoms with E-state index in [2.05, 4.69) is 27.1 Å². The third-order valence-electron chi connectivity index (χ3n) is 3.14. The molecule has 21 heavy (non-hydrogen) atoms. The number of hydrogen-bond donors (Lipinski definition) is 1. The fourth-order valence-electron chi connectivity index (χ4n) is 2.07.